The molecule has 0 saturated carbocycles. The van der Waals surface area contributed by atoms with Gasteiger partial charge in [-0.3, -0.25) is 9.88 Å². The molecule has 0 bridgehead atoms. The lowest BCUT2D eigenvalue weighted by Crippen LogP contribution is -2.43. The molecule has 2 aromatic heterocycles. The van der Waals surface area contributed by atoms with Gasteiger partial charge < -0.3 is 4.98 Å². The monoisotopic (exact) mass is 453 g/mol. The smallest absolute Gasteiger partial charge is 0.338 e. The fraction of sp³-hybridized carbons (Fsp3) is 0.400. The van der Waals surface area contributed by atoms with Crippen molar-refractivity contribution in [2.75, 3.05) is 13.1 Å². The number of rotatable bonds is 6. The van der Waals surface area contributed by atoms with E-state index in [2.05, 4.69) is 39.8 Å². The van der Waals surface area contributed by atoms with Gasteiger partial charge in [0.2, 0.25) is 0 Å². The molecule has 1 aliphatic heterocycles. The van der Waals surface area contributed by atoms with Gasteiger partial charge in [0.25, 0.3) is 0 Å². The van der Waals surface area contributed by atoms with Gasteiger partial charge in [-0.05, 0) is 62.9 Å². The van der Waals surface area contributed by atoms with E-state index in [1.165, 1.54) is 0 Å². The van der Waals surface area contributed by atoms with Gasteiger partial charge in [-0.15, -0.1) is 0 Å². The Kier molecular flexibility index (Phi) is 6.02. The van der Waals surface area contributed by atoms with E-state index in [0.29, 0.717) is 37.2 Å². The lowest BCUT2D eigenvalue weighted by atomic mass is 9.80. The minimum absolute atomic E-state index is 0.378. The standard InChI is InChI=1S/C25H26F3N5/c1-23(2,20-5-3-4-13-30-20)33-14-12-24(17-33,22-31-16-21(32-22)25(26,27)28)11-10-18-6-8-19(15-29)9-7-18/h3-9,13,16H,10-12,14,17H2,1-2H3,(H,31,32)/t24-/m1/s1. The van der Waals surface area contributed by atoms with E-state index in [1.807, 2.05) is 30.3 Å². The molecule has 172 valence electrons. The number of nitrogens with zero attached hydrogens (tertiary/aromatic N) is 4. The number of hydrogen-bond acceptors (Lipinski definition) is 4. The maximum atomic E-state index is 13.3. The molecule has 0 unspecified atom stereocenters. The topological polar surface area (TPSA) is 68.6 Å². The van der Waals surface area contributed by atoms with Crippen LogP contribution in [-0.4, -0.2) is 32.9 Å². The molecule has 1 aromatic carbocycles. The average Bonchev–Trinajstić information content (AvgIpc) is 3.48. The van der Waals surface area contributed by atoms with Crippen LogP contribution >= 0.6 is 0 Å². The van der Waals surface area contributed by atoms with Gasteiger partial charge in [-0.2, -0.15) is 18.4 Å². The number of aryl methyl sites for hydroxylation is 1. The van der Waals surface area contributed by atoms with Gasteiger partial charge in [0.15, 0.2) is 0 Å². The molecule has 1 N–H and O–H groups in total. The molecule has 1 atom stereocenters. The minimum Gasteiger partial charge on any atom is -0.338 e. The molecule has 0 spiro atoms. The molecule has 3 aromatic rings. The predicted octanol–water partition coefficient (Wildman–Crippen LogP) is 5.21. The fourth-order valence-corrected chi connectivity index (χ4v) is 4.62. The summed E-state index contributed by atoms with van der Waals surface area (Å²) in [6.07, 6.45) is 0.179. The first-order chi connectivity index (χ1) is 15.6. The van der Waals surface area contributed by atoms with E-state index in [9.17, 15) is 13.2 Å². The van der Waals surface area contributed by atoms with Crippen molar-refractivity contribution in [2.45, 2.75) is 50.2 Å². The molecule has 1 fully saturated rings. The normalized spacial score (nSPS) is 19.5. The summed E-state index contributed by atoms with van der Waals surface area (Å²) in [5.41, 5.74) is 0.790. The Hall–Kier alpha value is -3.18. The van der Waals surface area contributed by atoms with Crippen molar-refractivity contribution in [3.05, 3.63) is 83.2 Å². The largest absolute Gasteiger partial charge is 0.432 e. The van der Waals surface area contributed by atoms with Gasteiger partial charge >= 0.3 is 6.18 Å². The number of likely N-dealkylation sites (tertiary alicyclic amines) is 1. The van der Waals surface area contributed by atoms with E-state index >= 15 is 0 Å². The highest BCUT2D eigenvalue weighted by atomic mass is 19.4. The zero-order valence-corrected chi connectivity index (χ0v) is 18.7. The number of aromatic nitrogens is 3. The molecule has 33 heavy (non-hydrogen) atoms. The second kappa shape index (κ2) is 8.64. The fourth-order valence-electron chi connectivity index (χ4n) is 4.62. The molecule has 8 heteroatoms. The summed E-state index contributed by atoms with van der Waals surface area (Å²) in [6.45, 7) is 5.47. The number of pyridine rings is 1. The number of halogens is 3. The lowest BCUT2D eigenvalue weighted by molar-refractivity contribution is -0.141. The number of nitriles is 1. The molecule has 1 aliphatic rings. The van der Waals surface area contributed by atoms with Crippen molar-refractivity contribution in [1.29, 1.82) is 5.26 Å². The van der Waals surface area contributed by atoms with Crippen LogP contribution in [0.15, 0.2) is 54.9 Å². The highest BCUT2D eigenvalue weighted by molar-refractivity contribution is 5.32. The van der Waals surface area contributed by atoms with Crippen LogP contribution in [0, 0.1) is 11.3 Å². The molecule has 0 radical (unpaired) electrons. The SMILES string of the molecule is CC(C)(c1ccccn1)N1CC[C@@](CCc2ccc(C#N)cc2)(c2ncc(C(F)(F)F)[nH]2)C1. The van der Waals surface area contributed by atoms with Crippen molar-refractivity contribution in [2.24, 2.45) is 0 Å². The maximum Gasteiger partial charge on any atom is 0.432 e. The molecule has 0 aliphatic carbocycles. The van der Waals surface area contributed by atoms with Gasteiger partial charge in [0, 0.05) is 24.7 Å². The zero-order valence-electron chi connectivity index (χ0n) is 18.7. The van der Waals surface area contributed by atoms with E-state index in [-0.39, 0.29) is 5.54 Å². The lowest BCUT2D eigenvalue weighted by Gasteiger charge is -2.37. The Balaban J connectivity index is 1.63. The van der Waals surface area contributed by atoms with Crippen molar-refractivity contribution in [1.82, 2.24) is 19.9 Å². The van der Waals surface area contributed by atoms with Crippen molar-refractivity contribution < 1.29 is 13.2 Å². The minimum atomic E-state index is -4.47. The van der Waals surface area contributed by atoms with Crippen LogP contribution in [0.4, 0.5) is 13.2 Å². The summed E-state index contributed by atoms with van der Waals surface area (Å²) in [7, 11) is 0. The number of alkyl halides is 3. The Labute approximate surface area is 191 Å². The Morgan fingerprint density at radius 3 is 2.48 bits per heavy atom. The molecule has 3 heterocycles. The molecular weight excluding hydrogens is 427 g/mol. The summed E-state index contributed by atoms with van der Waals surface area (Å²) in [6, 6.07) is 15.2. The summed E-state index contributed by atoms with van der Waals surface area (Å²) in [5.74, 6) is 0.378. The van der Waals surface area contributed by atoms with Gasteiger partial charge in [0.05, 0.1) is 29.1 Å². The summed E-state index contributed by atoms with van der Waals surface area (Å²) >= 11 is 0. The second-order valence-corrected chi connectivity index (χ2v) is 9.18. The van der Waals surface area contributed by atoms with Gasteiger partial charge in [-0.25, -0.2) is 4.98 Å². The van der Waals surface area contributed by atoms with E-state index in [4.69, 9.17) is 5.26 Å². The van der Waals surface area contributed by atoms with Crippen LogP contribution in [0.5, 0.6) is 0 Å². The van der Waals surface area contributed by atoms with E-state index < -0.39 is 17.3 Å². The quantitative estimate of drug-likeness (QED) is 0.557. The Morgan fingerprint density at radius 2 is 1.88 bits per heavy atom. The third-order valence-electron chi connectivity index (χ3n) is 6.79. The van der Waals surface area contributed by atoms with Gasteiger partial charge in [0.1, 0.15) is 11.5 Å². The third kappa shape index (κ3) is 4.64. The van der Waals surface area contributed by atoms with Crippen LogP contribution < -0.4 is 0 Å². The number of aromatic amines is 1. The second-order valence-electron chi connectivity index (χ2n) is 9.18. The number of imidazole rings is 1. The number of benzene rings is 1. The average molecular weight is 454 g/mol. The maximum absolute atomic E-state index is 13.3. The number of hydrogen-bond donors (Lipinski definition) is 1. The van der Waals surface area contributed by atoms with E-state index in [1.54, 1.807) is 18.3 Å². The van der Waals surface area contributed by atoms with E-state index in [0.717, 1.165) is 24.0 Å². The summed E-state index contributed by atoms with van der Waals surface area (Å²) in [4.78, 5) is 13.6. The molecular formula is C25H26F3N5. The van der Waals surface area contributed by atoms with Crippen LogP contribution in [0.2, 0.25) is 0 Å². The first-order valence-electron chi connectivity index (χ1n) is 10.9. The third-order valence-corrected chi connectivity index (χ3v) is 6.79. The number of H-pyrrole nitrogens is 1. The zero-order chi connectivity index (χ0) is 23.7. The molecule has 5 nitrogen and oxygen atoms in total. The van der Waals surface area contributed by atoms with Crippen LogP contribution in [0.25, 0.3) is 0 Å². The highest BCUT2D eigenvalue weighted by Crippen LogP contribution is 2.43. The predicted molar refractivity (Wildman–Crippen MR) is 118 cm³/mol. The highest BCUT2D eigenvalue weighted by Gasteiger charge is 2.47. The molecule has 4 rings (SSSR count). The van der Waals surface area contributed by atoms with Crippen LogP contribution in [0.1, 0.15) is 55.0 Å². The number of nitrogens with one attached hydrogen (secondary N) is 1. The van der Waals surface area contributed by atoms with Crippen LogP contribution in [-0.2, 0) is 23.6 Å². The Morgan fingerprint density at radius 1 is 1.12 bits per heavy atom. The van der Waals surface area contributed by atoms with Crippen LogP contribution in [0.3, 0.4) is 0 Å². The summed E-state index contributed by atoms with van der Waals surface area (Å²) < 4.78 is 39.9. The van der Waals surface area contributed by atoms with Crippen molar-refractivity contribution in [3.8, 4) is 6.07 Å². The summed E-state index contributed by atoms with van der Waals surface area (Å²) in [5, 5.41) is 9.02. The van der Waals surface area contributed by atoms with Gasteiger partial charge in [-0.1, -0.05) is 18.2 Å². The molecule has 0 amide bonds. The molecule has 1 saturated heterocycles. The van der Waals surface area contributed by atoms with Crippen molar-refractivity contribution >= 4 is 0 Å². The first-order valence-corrected chi connectivity index (χ1v) is 10.9. The first kappa shape index (κ1) is 23.0. The van der Waals surface area contributed by atoms with Crippen molar-refractivity contribution in [3.63, 3.8) is 0 Å². The Bertz CT molecular complexity index is 1130.